The van der Waals surface area contributed by atoms with Crippen LogP contribution >= 0.6 is 0 Å². The van der Waals surface area contributed by atoms with Crippen molar-refractivity contribution >= 4 is 17.5 Å². The Morgan fingerprint density at radius 3 is 2.43 bits per heavy atom. The zero-order valence-corrected chi connectivity index (χ0v) is 14.4. The number of nitrogens with one attached hydrogen (secondary N) is 2. The van der Waals surface area contributed by atoms with E-state index in [4.69, 9.17) is 0 Å². The minimum absolute atomic E-state index is 0.0575. The van der Waals surface area contributed by atoms with Crippen molar-refractivity contribution in [3.8, 4) is 0 Å². The summed E-state index contributed by atoms with van der Waals surface area (Å²) < 4.78 is 0. The van der Waals surface area contributed by atoms with Gasteiger partial charge in [-0.15, -0.1) is 0 Å². The highest BCUT2D eigenvalue weighted by molar-refractivity contribution is 6.04. The van der Waals surface area contributed by atoms with E-state index in [-0.39, 0.29) is 17.9 Å². The molecule has 4 heteroatoms. The van der Waals surface area contributed by atoms with E-state index in [9.17, 15) is 9.59 Å². The molecule has 0 aliphatic heterocycles. The summed E-state index contributed by atoms with van der Waals surface area (Å²) in [6.07, 6.45) is 6.44. The van der Waals surface area contributed by atoms with Crippen molar-refractivity contribution in [2.24, 2.45) is 5.41 Å². The van der Waals surface area contributed by atoms with Gasteiger partial charge in [0.2, 0.25) is 5.91 Å². The van der Waals surface area contributed by atoms with Crippen molar-refractivity contribution < 1.29 is 9.59 Å². The number of para-hydroxylation sites is 1. The second-order valence-electron chi connectivity index (χ2n) is 7.05. The fraction of sp³-hybridized carbons (Fsp3) is 0.579. The molecule has 0 radical (unpaired) electrons. The monoisotopic (exact) mass is 316 g/mol. The highest BCUT2D eigenvalue weighted by Gasteiger charge is 2.26. The van der Waals surface area contributed by atoms with Crippen LogP contribution in [0.5, 0.6) is 0 Å². The molecule has 126 valence electrons. The molecule has 1 fully saturated rings. The molecule has 0 aromatic heterocycles. The highest BCUT2D eigenvalue weighted by atomic mass is 16.2. The molecule has 1 aromatic rings. The van der Waals surface area contributed by atoms with E-state index >= 15 is 0 Å². The summed E-state index contributed by atoms with van der Waals surface area (Å²) in [7, 11) is 0. The summed E-state index contributed by atoms with van der Waals surface area (Å²) in [5.41, 5.74) is 0.679. The van der Waals surface area contributed by atoms with Crippen LogP contribution in [0, 0.1) is 5.41 Å². The number of hydrogen-bond acceptors (Lipinski definition) is 2. The third-order valence-corrected chi connectivity index (χ3v) is 4.86. The maximum Gasteiger partial charge on any atom is 0.253 e. The molecule has 0 atom stereocenters. The fourth-order valence-corrected chi connectivity index (χ4v) is 2.75. The van der Waals surface area contributed by atoms with Gasteiger partial charge in [-0.2, -0.15) is 0 Å². The Labute approximate surface area is 139 Å². The van der Waals surface area contributed by atoms with Crippen molar-refractivity contribution in [2.75, 3.05) is 5.32 Å². The molecule has 0 heterocycles. The van der Waals surface area contributed by atoms with Crippen LogP contribution in [0.3, 0.4) is 0 Å². The molecule has 2 amide bonds. The van der Waals surface area contributed by atoms with Crippen LogP contribution in [-0.4, -0.2) is 17.9 Å². The van der Waals surface area contributed by atoms with Gasteiger partial charge in [0, 0.05) is 11.5 Å². The molecular weight excluding hydrogens is 288 g/mol. The molecule has 1 aliphatic rings. The van der Waals surface area contributed by atoms with Gasteiger partial charge in [-0.3, -0.25) is 9.59 Å². The van der Waals surface area contributed by atoms with Crippen LogP contribution in [0.4, 0.5) is 5.69 Å². The third kappa shape index (κ3) is 4.57. The topological polar surface area (TPSA) is 58.2 Å². The lowest BCUT2D eigenvalue weighted by molar-refractivity contribution is -0.124. The lowest BCUT2D eigenvalue weighted by atomic mass is 9.89. The highest BCUT2D eigenvalue weighted by Crippen LogP contribution is 2.24. The van der Waals surface area contributed by atoms with Crippen molar-refractivity contribution in [2.45, 2.75) is 65.3 Å². The quantitative estimate of drug-likeness (QED) is 0.858. The summed E-state index contributed by atoms with van der Waals surface area (Å²) in [6.45, 7) is 5.81. The number of carbonyl (C=O) groups is 2. The zero-order valence-electron chi connectivity index (χ0n) is 14.4. The number of anilines is 1. The molecule has 2 rings (SSSR count). The molecule has 0 bridgehead atoms. The molecular formula is C19H28N2O2. The lowest BCUT2D eigenvalue weighted by Crippen LogP contribution is -2.37. The first-order valence-electron chi connectivity index (χ1n) is 8.65. The Balaban J connectivity index is 2.10. The van der Waals surface area contributed by atoms with Crippen LogP contribution in [0.15, 0.2) is 24.3 Å². The Morgan fingerprint density at radius 1 is 1.13 bits per heavy atom. The number of amides is 2. The van der Waals surface area contributed by atoms with Crippen LogP contribution in [0.2, 0.25) is 0 Å². The van der Waals surface area contributed by atoms with Gasteiger partial charge in [0.15, 0.2) is 0 Å². The molecule has 1 aliphatic carbocycles. The third-order valence-electron chi connectivity index (χ3n) is 4.86. The second kappa shape index (κ2) is 7.62. The molecule has 1 saturated carbocycles. The van der Waals surface area contributed by atoms with Gasteiger partial charge in [-0.05, 0) is 31.4 Å². The zero-order chi connectivity index (χ0) is 16.9. The standard InChI is InChI=1S/C19H28N2O2/c1-4-19(2,3)18(23)21-16-13-9-8-12-15(16)17(22)20-14-10-6-5-7-11-14/h8-9,12-14H,4-7,10-11H2,1-3H3,(H,20,22)(H,21,23). The smallest absolute Gasteiger partial charge is 0.253 e. The molecule has 2 N–H and O–H groups in total. The van der Waals surface area contributed by atoms with E-state index in [2.05, 4.69) is 10.6 Å². The maximum absolute atomic E-state index is 12.6. The average molecular weight is 316 g/mol. The van der Waals surface area contributed by atoms with E-state index in [1.165, 1.54) is 19.3 Å². The second-order valence-corrected chi connectivity index (χ2v) is 7.05. The number of rotatable bonds is 5. The van der Waals surface area contributed by atoms with Gasteiger partial charge in [0.1, 0.15) is 0 Å². The van der Waals surface area contributed by atoms with Crippen LogP contribution in [-0.2, 0) is 4.79 Å². The van der Waals surface area contributed by atoms with Crippen LogP contribution < -0.4 is 10.6 Å². The Kier molecular flexibility index (Phi) is 5.80. The SMILES string of the molecule is CCC(C)(C)C(=O)Nc1ccccc1C(=O)NC1CCCCC1. The predicted molar refractivity (Wildman–Crippen MR) is 93.5 cm³/mol. The number of carbonyl (C=O) groups excluding carboxylic acids is 2. The first-order valence-corrected chi connectivity index (χ1v) is 8.65. The van der Waals surface area contributed by atoms with E-state index in [1.54, 1.807) is 12.1 Å². The lowest BCUT2D eigenvalue weighted by Gasteiger charge is -2.24. The summed E-state index contributed by atoms with van der Waals surface area (Å²) in [5, 5.41) is 6.03. The molecule has 0 unspecified atom stereocenters. The van der Waals surface area contributed by atoms with Crippen molar-refractivity contribution in [3.05, 3.63) is 29.8 Å². The minimum atomic E-state index is -0.451. The summed E-state index contributed by atoms with van der Waals surface area (Å²) in [6, 6.07) is 7.49. The Bertz CT molecular complexity index is 560. The normalized spacial score (nSPS) is 16.0. The van der Waals surface area contributed by atoms with E-state index in [0.29, 0.717) is 11.3 Å². The van der Waals surface area contributed by atoms with Crippen molar-refractivity contribution in [3.63, 3.8) is 0 Å². The first kappa shape index (κ1) is 17.5. The van der Waals surface area contributed by atoms with Gasteiger partial charge >= 0.3 is 0 Å². The Hall–Kier alpha value is -1.84. The van der Waals surface area contributed by atoms with E-state index in [1.807, 2.05) is 32.9 Å². The first-order chi connectivity index (χ1) is 10.9. The molecule has 0 saturated heterocycles. The van der Waals surface area contributed by atoms with Gasteiger partial charge in [-0.1, -0.05) is 52.2 Å². The largest absolute Gasteiger partial charge is 0.349 e. The van der Waals surface area contributed by atoms with Crippen molar-refractivity contribution in [1.82, 2.24) is 5.32 Å². The maximum atomic E-state index is 12.6. The molecule has 4 nitrogen and oxygen atoms in total. The van der Waals surface area contributed by atoms with E-state index < -0.39 is 5.41 Å². The van der Waals surface area contributed by atoms with Crippen molar-refractivity contribution in [1.29, 1.82) is 0 Å². The van der Waals surface area contributed by atoms with E-state index in [0.717, 1.165) is 19.3 Å². The van der Waals surface area contributed by atoms with Gasteiger partial charge in [0.25, 0.3) is 5.91 Å². The molecule has 0 spiro atoms. The summed E-state index contributed by atoms with van der Waals surface area (Å²) in [5.74, 6) is -0.153. The van der Waals surface area contributed by atoms with Gasteiger partial charge < -0.3 is 10.6 Å². The summed E-state index contributed by atoms with van der Waals surface area (Å²) >= 11 is 0. The molecule has 23 heavy (non-hydrogen) atoms. The molecule has 1 aromatic carbocycles. The van der Waals surface area contributed by atoms with Crippen LogP contribution in [0.25, 0.3) is 0 Å². The van der Waals surface area contributed by atoms with Gasteiger partial charge in [-0.25, -0.2) is 0 Å². The van der Waals surface area contributed by atoms with Crippen LogP contribution in [0.1, 0.15) is 69.7 Å². The van der Waals surface area contributed by atoms with Gasteiger partial charge in [0.05, 0.1) is 11.3 Å². The number of hydrogen-bond donors (Lipinski definition) is 2. The minimum Gasteiger partial charge on any atom is -0.349 e. The Morgan fingerprint density at radius 2 is 1.78 bits per heavy atom. The predicted octanol–water partition coefficient (Wildman–Crippen LogP) is 4.12. The number of benzene rings is 1. The average Bonchev–Trinajstić information content (AvgIpc) is 2.56. The summed E-state index contributed by atoms with van der Waals surface area (Å²) in [4.78, 5) is 25.0. The fourth-order valence-electron chi connectivity index (χ4n) is 2.75.